The van der Waals surface area contributed by atoms with Crippen molar-refractivity contribution in [1.29, 1.82) is 0 Å². The van der Waals surface area contributed by atoms with E-state index in [1.165, 1.54) is 18.9 Å². The smallest absolute Gasteiger partial charge is 0.328 e. The monoisotopic (exact) mass is 405 g/mol. The SMILES string of the molecule is COC(=O)[C@H](CC(C)C)NC(=O)CSc1nc(Cc2ccc(O)cc2)c(C)[nH]1. The number of thioether (sulfide) groups is 1. The van der Waals surface area contributed by atoms with Gasteiger partial charge in [0.1, 0.15) is 11.8 Å². The van der Waals surface area contributed by atoms with Crippen molar-refractivity contribution < 1.29 is 19.4 Å². The third kappa shape index (κ3) is 6.60. The minimum atomic E-state index is -0.638. The quantitative estimate of drug-likeness (QED) is 0.438. The molecule has 0 bridgehead atoms. The largest absolute Gasteiger partial charge is 0.508 e. The van der Waals surface area contributed by atoms with Crippen molar-refractivity contribution in [1.82, 2.24) is 15.3 Å². The van der Waals surface area contributed by atoms with Gasteiger partial charge in [0.05, 0.1) is 18.6 Å². The molecule has 152 valence electrons. The lowest BCUT2D eigenvalue weighted by atomic mass is 10.0. The number of benzene rings is 1. The molecule has 0 fully saturated rings. The van der Waals surface area contributed by atoms with Gasteiger partial charge in [-0.2, -0.15) is 0 Å². The van der Waals surface area contributed by atoms with E-state index in [-0.39, 0.29) is 23.3 Å². The fraction of sp³-hybridized carbons (Fsp3) is 0.450. The lowest BCUT2D eigenvalue weighted by Gasteiger charge is -2.18. The number of nitrogens with zero attached hydrogens (tertiary/aromatic N) is 1. The van der Waals surface area contributed by atoms with Crippen LogP contribution in [0.25, 0.3) is 0 Å². The first-order chi connectivity index (χ1) is 13.3. The van der Waals surface area contributed by atoms with E-state index in [0.29, 0.717) is 18.0 Å². The van der Waals surface area contributed by atoms with Crippen molar-refractivity contribution in [2.24, 2.45) is 5.92 Å². The Labute approximate surface area is 169 Å². The second kappa shape index (κ2) is 10.2. The van der Waals surface area contributed by atoms with Crippen LogP contribution in [0.3, 0.4) is 0 Å². The molecule has 3 N–H and O–H groups in total. The first-order valence-electron chi connectivity index (χ1n) is 9.11. The molecule has 0 saturated carbocycles. The van der Waals surface area contributed by atoms with E-state index in [1.54, 1.807) is 12.1 Å². The molecule has 0 saturated heterocycles. The van der Waals surface area contributed by atoms with Gasteiger partial charge in [-0.1, -0.05) is 37.7 Å². The summed E-state index contributed by atoms with van der Waals surface area (Å²) in [7, 11) is 1.32. The Morgan fingerprint density at radius 1 is 1.29 bits per heavy atom. The number of aromatic amines is 1. The summed E-state index contributed by atoms with van der Waals surface area (Å²) in [5.41, 5.74) is 2.86. The highest BCUT2D eigenvalue weighted by Crippen LogP contribution is 2.20. The number of phenolic OH excluding ortho intramolecular Hbond substituents is 1. The van der Waals surface area contributed by atoms with Gasteiger partial charge in [-0.3, -0.25) is 4.79 Å². The van der Waals surface area contributed by atoms with Crippen LogP contribution in [-0.4, -0.2) is 45.9 Å². The number of phenols is 1. The summed E-state index contributed by atoms with van der Waals surface area (Å²) < 4.78 is 4.77. The van der Waals surface area contributed by atoms with Crippen molar-refractivity contribution in [2.45, 2.75) is 44.8 Å². The van der Waals surface area contributed by atoms with Gasteiger partial charge < -0.3 is 20.1 Å². The third-order valence-electron chi connectivity index (χ3n) is 4.14. The maximum atomic E-state index is 12.2. The molecular formula is C20H27N3O4S. The molecule has 0 radical (unpaired) electrons. The van der Waals surface area contributed by atoms with Crippen molar-refractivity contribution in [3.05, 3.63) is 41.2 Å². The van der Waals surface area contributed by atoms with Crippen LogP contribution in [0.1, 0.15) is 37.2 Å². The Balaban J connectivity index is 1.92. The van der Waals surface area contributed by atoms with E-state index in [0.717, 1.165) is 17.0 Å². The molecule has 2 rings (SSSR count). The van der Waals surface area contributed by atoms with Crippen molar-refractivity contribution in [3.8, 4) is 5.75 Å². The zero-order chi connectivity index (χ0) is 20.7. The zero-order valence-electron chi connectivity index (χ0n) is 16.6. The van der Waals surface area contributed by atoms with E-state index in [4.69, 9.17) is 4.74 Å². The number of hydrogen-bond acceptors (Lipinski definition) is 6. The Bertz CT molecular complexity index is 802. The molecule has 0 unspecified atom stereocenters. The van der Waals surface area contributed by atoms with Crippen LogP contribution in [0.5, 0.6) is 5.75 Å². The average Bonchev–Trinajstić information content (AvgIpc) is 3.00. The van der Waals surface area contributed by atoms with Crippen molar-refractivity contribution in [2.75, 3.05) is 12.9 Å². The maximum Gasteiger partial charge on any atom is 0.328 e. The normalized spacial score (nSPS) is 12.0. The summed E-state index contributed by atoms with van der Waals surface area (Å²) in [5.74, 6) is -0.0380. The number of H-pyrrole nitrogens is 1. The van der Waals surface area contributed by atoms with Crippen LogP contribution in [0.4, 0.5) is 0 Å². The van der Waals surface area contributed by atoms with Gasteiger partial charge in [0.2, 0.25) is 5.91 Å². The zero-order valence-corrected chi connectivity index (χ0v) is 17.4. The molecule has 8 heteroatoms. The fourth-order valence-corrected chi connectivity index (χ4v) is 3.46. The van der Waals surface area contributed by atoms with Gasteiger partial charge in [0, 0.05) is 12.1 Å². The number of methoxy groups -OCH3 is 1. The number of ether oxygens (including phenoxy) is 1. The molecule has 0 aliphatic carbocycles. The highest BCUT2D eigenvalue weighted by molar-refractivity contribution is 7.99. The number of aryl methyl sites for hydroxylation is 1. The molecule has 0 aliphatic heterocycles. The number of aromatic hydroxyl groups is 1. The topological polar surface area (TPSA) is 104 Å². The number of carbonyl (C=O) groups excluding carboxylic acids is 2. The molecule has 1 aromatic carbocycles. The molecule has 7 nitrogen and oxygen atoms in total. The number of hydrogen-bond donors (Lipinski definition) is 3. The molecule has 1 atom stereocenters. The molecular weight excluding hydrogens is 378 g/mol. The standard InChI is InChI=1S/C20H27N3O4S/c1-12(2)9-17(19(26)27-4)22-18(25)11-28-20-21-13(3)16(23-20)10-14-5-7-15(24)8-6-14/h5-8,12,17,24H,9-11H2,1-4H3,(H,21,23)(H,22,25)/t17-/m0/s1. The van der Waals surface area contributed by atoms with Crippen LogP contribution < -0.4 is 5.32 Å². The van der Waals surface area contributed by atoms with Crippen LogP contribution in [0.15, 0.2) is 29.4 Å². The van der Waals surface area contributed by atoms with E-state index in [1.807, 2.05) is 32.9 Å². The highest BCUT2D eigenvalue weighted by atomic mass is 32.2. The van der Waals surface area contributed by atoms with Gasteiger partial charge >= 0.3 is 5.97 Å². The van der Waals surface area contributed by atoms with Crippen molar-refractivity contribution >= 4 is 23.6 Å². The molecule has 1 amide bonds. The average molecular weight is 406 g/mol. The van der Waals surface area contributed by atoms with Gasteiger partial charge in [-0.25, -0.2) is 9.78 Å². The van der Waals surface area contributed by atoms with Crippen LogP contribution in [-0.2, 0) is 20.7 Å². The van der Waals surface area contributed by atoms with Gasteiger partial charge in [-0.05, 0) is 37.0 Å². The van der Waals surface area contributed by atoms with Gasteiger partial charge in [0.15, 0.2) is 5.16 Å². The van der Waals surface area contributed by atoms with Crippen LogP contribution >= 0.6 is 11.8 Å². The van der Waals surface area contributed by atoms with Gasteiger partial charge in [-0.15, -0.1) is 0 Å². The number of rotatable bonds is 9. The van der Waals surface area contributed by atoms with E-state index in [2.05, 4.69) is 15.3 Å². The summed E-state index contributed by atoms with van der Waals surface area (Å²) in [6, 6.07) is 6.36. The summed E-state index contributed by atoms with van der Waals surface area (Å²) in [6.07, 6.45) is 1.16. The van der Waals surface area contributed by atoms with Gasteiger partial charge in [0.25, 0.3) is 0 Å². The minimum absolute atomic E-state index is 0.150. The number of nitrogens with one attached hydrogen (secondary N) is 2. The second-order valence-corrected chi connectivity index (χ2v) is 7.98. The van der Waals surface area contributed by atoms with Crippen molar-refractivity contribution in [3.63, 3.8) is 0 Å². The molecule has 1 aromatic heterocycles. The summed E-state index contributed by atoms with van der Waals surface area (Å²) >= 11 is 1.29. The lowest BCUT2D eigenvalue weighted by molar-refractivity contribution is -0.145. The summed E-state index contributed by atoms with van der Waals surface area (Å²) in [6.45, 7) is 5.90. The number of esters is 1. The molecule has 2 aromatic rings. The second-order valence-electron chi connectivity index (χ2n) is 7.02. The van der Waals surface area contributed by atoms with Crippen LogP contribution in [0, 0.1) is 12.8 Å². The molecule has 28 heavy (non-hydrogen) atoms. The number of carbonyl (C=O) groups is 2. The Morgan fingerprint density at radius 3 is 2.57 bits per heavy atom. The first-order valence-corrected chi connectivity index (χ1v) is 10.1. The Hall–Kier alpha value is -2.48. The Morgan fingerprint density at radius 2 is 1.96 bits per heavy atom. The maximum absolute atomic E-state index is 12.2. The third-order valence-corrected chi connectivity index (χ3v) is 5.01. The number of aromatic nitrogens is 2. The fourth-order valence-electron chi connectivity index (χ4n) is 2.71. The number of amides is 1. The van der Waals surface area contributed by atoms with Crippen LogP contribution in [0.2, 0.25) is 0 Å². The predicted octanol–water partition coefficient (Wildman–Crippen LogP) is 2.81. The Kier molecular flexibility index (Phi) is 7.92. The highest BCUT2D eigenvalue weighted by Gasteiger charge is 2.22. The first kappa shape index (κ1) is 21.8. The lowest BCUT2D eigenvalue weighted by Crippen LogP contribution is -2.43. The minimum Gasteiger partial charge on any atom is -0.508 e. The van der Waals surface area contributed by atoms with E-state index >= 15 is 0 Å². The summed E-state index contributed by atoms with van der Waals surface area (Å²) in [4.78, 5) is 31.8. The summed E-state index contributed by atoms with van der Waals surface area (Å²) in [5, 5.41) is 12.8. The molecule has 0 spiro atoms. The molecule has 0 aliphatic rings. The number of imidazole rings is 1. The predicted molar refractivity (Wildman–Crippen MR) is 108 cm³/mol. The van der Waals surface area contributed by atoms with E-state index in [9.17, 15) is 14.7 Å². The van der Waals surface area contributed by atoms with E-state index < -0.39 is 12.0 Å². The molecule has 1 heterocycles.